The number of anilines is 1. The van der Waals surface area contributed by atoms with Gasteiger partial charge in [0.1, 0.15) is 5.69 Å². The number of hydrogen-bond donors (Lipinski definition) is 1. The number of rotatable bonds is 8. The van der Waals surface area contributed by atoms with Crippen molar-refractivity contribution in [3.05, 3.63) is 33.9 Å². The molecule has 0 aliphatic rings. The van der Waals surface area contributed by atoms with E-state index in [0.29, 0.717) is 12.6 Å². The van der Waals surface area contributed by atoms with Crippen LogP contribution in [-0.2, 0) is 6.18 Å². The van der Waals surface area contributed by atoms with Crippen LogP contribution in [0.1, 0.15) is 44.6 Å². The average molecular weight is 304 g/mol. The van der Waals surface area contributed by atoms with E-state index in [-0.39, 0.29) is 5.69 Å². The summed E-state index contributed by atoms with van der Waals surface area (Å²) in [6.45, 7) is 2.61. The number of nitrogens with one attached hydrogen (secondary N) is 1. The number of alkyl halides is 3. The molecule has 0 amide bonds. The van der Waals surface area contributed by atoms with E-state index in [1.165, 1.54) is 0 Å². The first-order chi connectivity index (χ1) is 9.86. The van der Waals surface area contributed by atoms with Gasteiger partial charge in [0.2, 0.25) is 0 Å². The predicted octanol–water partition coefficient (Wildman–Crippen LogP) is 5.00. The highest BCUT2D eigenvalue weighted by Gasteiger charge is 2.32. The van der Waals surface area contributed by atoms with Gasteiger partial charge in [-0.15, -0.1) is 0 Å². The second kappa shape index (κ2) is 7.85. The molecule has 7 heteroatoms. The Kier molecular flexibility index (Phi) is 6.45. The lowest BCUT2D eigenvalue weighted by Crippen LogP contribution is -2.08. The summed E-state index contributed by atoms with van der Waals surface area (Å²) >= 11 is 0. The van der Waals surface area contributed by atoms with Gasteiger partial charge in [-0.2, -0.15) is 13.2 Å². The van der Waals surface area contributed by atoms with Gasteiger partial charge in [0, 0.05) is 12.6 Å². The van der Waals surface area contributed by atoms with Crippen LogP contribution in [0.2, 0.25) is 0 Å². The SMILES string of the molecule is CCCCCCCNc1ccc(C(F)(F)F)cc1[N+](=O)[O-]. The van der Waals surface area contributed by atoms with Crippen molar-refractivity contribution in [3.8, 4) is 0 Å². The number of nitrogens with zero attached hydrogens (tertiary/aromatic N) is 1. The van der Waals surface area contributed by atoms with Crippen molar-refractivity contribution in [3.63, 3.8) is 0 Å². The maximum absolute atomic E-state index is 12.5. The van der Waals surface area contributed by atoms with E-state index in [0.717, 1.165) is 44.2 Å². The van der Waals surface area contributed by atoms with E-state index < -0.39 is 22.4 Å². The number of nitro groups is 1. The number of unbranched alkanes of at least 4 members (excludes halogenated alkanes) is 4. The van der Waals surface area contributed by atoms with E-state index in [1.54, 1.807) is 0 Å². The standard InChI is InChI=1S/C14H19F3N2O2/c1-2-3-4-5-6-9-18-12-8-7-11(14(15,16)17)10-13(12)19(20)21/h7-8,10,18H,2-6,9H2,1H3. The Balaban J connectivity index is 2.67. The number of halogens is 3. The van der Waals surface area contributed by atoms with Crippen molar-refractivity contribution in [1.82, 2.24) is 0 Å². The van der Waals surface area contributed by atoms with Crippen molar-refractivity contribution < 1.29 is 18.1 Å². The molecule has 0 unspecified atom stereocenters. The highest BCUT2D eigenvalue weighted by molar-refractivity contribution is 5.62. The summed E-state index contributed by atoms with van der Waals surface area (Å²) in [5, 5.41) is 13.7. The number of hydrogen-bond acceptors (Lipinski definition) is 3. The lowest BCUT2D eigenvalue weighted by atomic mass is 10.1. The van der Waals surface area contributed by atoms with Gasteiger partial charge in [0.25, 0.3) is 5.69 Å². The zero-order valence-corrected chi connectivity index (χ0v) is 11.9. The van der Waals surface area contributed by atoms with Crippen LogP contribution in [0.4, 0.5) is 24.5 Å². The Morgan fingerprint density at radius 2 is 1.86 bits per heavy atom. The lowest BCUT2D eigenvalue weighted by Gasteiger charge is -2.10. The fraction of sp³-hybridized carbons (Fsp3) is 0.571. The zero-order valence-electron chi connectivity index (χ0n) is 11.9. The Morgan fingerprint density at radius 3 is 2.43 bits per heavy atom. The van der Waals surface area contributed by atoms with Crippen LogP contribution in [0.25, 0.3) is 0 Å². The topological polar surface area (TPSA) is 55.2 Å². The molecule has 4 nitrogen and oxygen atoms in total. The largest absolute Gasteiger partial charge is 0.416 e. The van der Waals surface area contributed by atoms with Gasteiger partial charge < -0.3 is 5.32 Å². The molecule has 1 N–H and O–H groups in total. The van der Waals surface area contributed by atoms with Crippen molar-refractivity contribution in [2.24, 2.45) is 0 Å². The minimum Gasteiger partial charge on any atom is -0.379 e. The number of nitro benzene ring substituents is 1. The van der Waals surface area contributed by atoms with Crippen molar-refractivity contribution in [2.75, 3.05) is 11.9 Å². The van der Waals surface area contributed by atoms with Gasteiger partial charge in [-0.3, -0.25) is 10.1 Å². The van der Waals surface area contributed by atoms with Crippen LogP contribution in [-0.4, -0.2) is 11.5 Å². The first-order valence-electron chi connectivity index (χ1n) is 6.95. The molecule has 0 heterocycles. The minimum atomic E-state index is -4.58. The second-order valence-corrected chi connectivity index (χ2v) is 4.83. The summed E-state index contributed by atoms with van der Waals surface area (Å²) < 4.78 is 37.6. The molecule has 0 atom stereocenters. The van der Waals surface area contributed by atoms with Gasteiger partial charge in [-0.1, -0.05) is 32.6 Å². The molecule has 0 fully saturated rings. The highest BCUT2D eigenvalue weighted by atomic mass is 19.4. The van der Waals surface area contributed by atoms with Gasteiger partial charge in [-0.25, -0.2) is 0 Å². The smallest absolute Gasteiger partial charge is 0.379 e. The van der Waals surface area contributed by atoms with Crippen LogP contribution in [0, 0.1) is 10.1 Å². The van der Waals surface area contributed by atoms with Crippen LogP contribution >= 0.6 is 0 Å². The molecule has 1 rings (SSSR count). The molecule has 0 spiro atoms. The van der Waals surface area contributed by atoms with Crippen molar-refractivity contribution in [1.29, 1.82) is 0 Å². The van der Waals surface area contributed by atoms with E-state index in [1.807, 2.05) is 0 Å². The molecule has 0 radical (unpaired) electrons. The first-order valence-corrected chi connectivity index (χ1v) is 6.95. The first kappa shape index (κ1) is 17.3. The Bertz CT molecular complexity index is 476. The summed E-state index contributed by atoms with van der Waals surface area (Å²) in [5.41, 5.74) is -1.43. The Hall–Kier alpha value is -1.79. The average Bonchev–Trinajstić information content (AvgIpc) is 2.41. The third-order valence-corrected chi connectivity index (χ3v) is 3.12. The third kappa shape index (κ3) is 5.61. The van der Waals surface area contributed by atoms with Crippen LogP contribution in [0.5, 0.6) is 0 Å². The maximum Gasteiger partial charge on any atom is 0.416 e. The molecule has 0 saturated heterocycles. The maximum atomic E-state index is 12.5. The van der Waals surface area contributed by atoms with Crippen LogP contribution in [0.3, 0.4) is 0 Å². The van der Waals surface area contributed by atoms with E-state index in [2.05, 4.69) is 12.2 Å². The Labute approximate surface area is 121 Å². The van der Waals surface area contributed by atoms with Gasteiger partial charge in [-0.05, 0) is 18.6 Å². The molecule has 1 aromatic rings. The molecule has 0 saturated carbocycles. The summed E-state index contributed by atoms with van der Waals surface area (Å²) in [6.07, 6.45) is 0.600. The summed E-state index contributed by atoms with van der Waals surface area (Å²) in [5.74, 6) is 0. The highest BCUT2D eigenvalue weighted by Crippen LogP contribution is 2.34. The van der Waals surface area contributed by atoms with Gasteiger partial charge >= 0.3 is 6.18 Å². The van der Waals surface area contributed by atoms with E-state index in [4.69, 9.17) is 0 Å². The molecule has 1 aromatic carbocycles. The quantitative estimate of drug-likeness (QED) is 0.418. The van der Waals surface area contributed by atoms with Crippen molar-refractivity contribution in [2.45, 2.75) is 45.2 Å². The zero-order chi connectivity index (χ0) is 15.9. The van der Waals surface area contributed by atoms with Crippen LogP contribution in [0.15, 0.2) is 18.2 Å². The predicted molar refractivity (Wildman–Crippen MR) is 75.3 cm³/mol. The monoisotopic (exact) mass is 304 g/mol. The third-order valence-electron chi connectivity index (χ3n) is 3.12. The summed E-state index contributed by atoms with van der Waals surface area (Å²) in [7, 11) is 0. The molecule has 0 bridgehead atoms. The Morgan fingerprint density at radius 1 is 1.19 bits per heavy atom. The molecule has 118 valence electrons. The minimum absolute atomic E-state index is 0.128. The molecular formula is C14H19F3N2O2. The molecule has 0 aliphatic carbocycles. The fourth-order valence-electron chi connectivity index (χ4n) is 1.96. The lowest BCUT2D eigenvalue weighted by molar-refractivity contribution is -0.384. The second-order valence-electron chi connectivity index (χ2n) is 4.83. The van der Waals surface area contributed by atoms with E-state index >= 15 is 0 Å². The van der Waals surface area contributed by atoms with Gasteiger partial charge in [0.15, 0.2) is 0 Å². The molecule has 0 aliphatic heterocycles. The summed E-state index contributed by atoms with van der Waals surface area (Å²) in [6, 6.07) is 2.54. The molecule has 21 heavy (non-hydrogen) atoms. The number of benzene rings is 1. The normalized spacial score (nSPS) is 11.4. The fourth-order valence-corrected chi connectivity index (χ4v) is 1.96. The van der Waals surface area contributed by atoms with Gasteiger partial charge in [0.05, 0.1) is 10.5 Å². The van der Waals surface area contributed by atoms with Crippen LogP contribution < -0.4 is 5.32 Å². The summed E-state index contributed by atoms with van der Waals surface area (Å²) in [4.78, 5) is 10.1. The molecule has 0 aromatic heterocycles. The molecular weight excluding hydrogens is 285 g/mol. The van der Waals surface area contributed by atoms with E-state index in [9.17, 15) is 23.3 Å². The van der Waals surface area contributed by atoms with Crippen molar-refractivity contribution >= 4 is 11.4 Å².